The second kappa shape index (κ2) is 6.69. The van der Waals surface area contributed by atoms with E-state index in [0.717, 1.165) is 27.9 Å². The van der Waals surface area contributed by atoms with Crippen molar-refractivity contribution in [2.24, 2.45) is 34.2 Å². The van der Waals surface area contributed by atoms with Crippen LogP contribution in [0.2, 0.25) is 0 Å². The van der Waals surface area contributed by atoms with Gasteiger partial charge >= 0.3 is 0 Å². The summed E-state index contributed by atoms with van der Waals surface area (Å²) in [5.74, 6) is 0.859. The third kappa shape index (κ3) is 2.62. The van der Waals surface area contributed by atoms with Crippen LogP contribution < -0.4 is 9.47 Å². The van der Waals surface area contributed by atoms with Crippen molar-refractivity contribution in [3.8, 4) is 11.5 Å². The number of rotatable bonds is 6. The number of carbonyl (C=O) groups is 2. The monoisotopic (exact) mass is 458 g/mol. The van der Waals surface area contributed by atoms with Crippen molar-refractivity contribution in [1.29, 1.82) is 0 Å². The minimum atomic E-state index is -0.233. The first-order valence-electron chi connectivity index (χ1n) is 10.2. The van der Waals surface area contributed by atoms with Gasteiger partial charge in [0.05, 0.1) is 35.7 Å². The van der Waals surface area contributed by atoms with Gasteiger partial charge in [-0.15, -0.1) is 0 Å². The van der Waals surface area contributed by atoms with Gasteiger partial charge in [-0.05, 0) is 77.6 Å². The fraction of sp³-hybridized carbons (Fsp3) is 0.500. The first kappa shape index (κ1) is 18.9. The van der Waals surface area contributed by atoms with Gasteiger partial charge in [0.15, 0.2) is 11.5 Å². The number of benzene rings is 1. The lowest BCUT2D eigenvalue weighted by molar-refractivity contribution is -0.141. The van der Waals surface area contributed by atoms with Crippen LogP contribution in [0.25, 0.3) is 0 Å². The zero-order valence-corrected chi connectivity index (χ0v) is 18.0. The number of carbonyl (C=O) groups excluding carboxylic acids is 2. The van der Waals surface area contributed by atoms with Crippen molar-refractivity contribution in [2.75, 3.05) is 13.2 Å². The number of hydrogen-bond acceptors (Lipinski definition) is 5. The van der Waals surface area contributed by atoms with Gasteiger partial charge in [0.25, 0.3) is 11.8 Å². The highest BCUT2D eigenvalue weighted by Gasteiger charge is 2.73. The lowest BCUT2D eigenvalue weighted by Crippen LogP contribution is -2.30. The fourth-order valence-corrected chi connectivity index (χ4v) is 6.08. The second-order valence-corrected chi connectivity index (χ2v) is 9.00. The van der Waals surface area contributed by atoms with E-state index in [0.29, 0.717) is 24.7 Å². The minimum Gasteiger partial charge on any atom is -0.490 e. The number of hydrazone groups is 1. The topological polar surface area (TPSA) is 68.2 Å². The Bertz CT molecular complexity index is 918. The summed E-state index contributed by atoms with van der Waals surface area (Å²) >= 11 is 3.51. The molecule has 5 rings (SSSR count). The molecule has 29 heavy (non-hydrogen) atoms. The molecule has 1 heterocycles. The van der Waals surface area contributed by atoms with E-state index in [-0.39, 0.29) is 40.9 Å². The van der Waals surface area contributed by atoms with Gasteiger partial charge in [-0.3, -0.25) is 9.59 Å². The Hall–Kier alpha value is -2.15. The van der Waals surface area contributed by atoms with E-state index < -0.39 is 0 Å². The molecular weight excluding hydrogens is 436 g/mol. The summed E-state index contributed by atoms with van der Waals surface area (Å²) < 4.78 is 12.1. The van der Waals surface area contributed by atoms with Crippen LogP contribution in [0, 0.1) is 29.1 Å². The average molecular weight is 459 g/mol. The number of nitrogens with zero attached hydrogens (tertiary/aromatic N) is 2. The Balaban J connectivity index is 1.40. The minimum absolute atomic E-state index is 0.158. The highest BCUT2D eigenvalue weighted by atomic mass is 79.9. The first-order valence-corrected chi connectivity index (χ1v) is 11.0. The van der Waals surface area contributed by atoms with E-state index in [1.165, 1.54) is 0 Å². The van der Waals surface area contributed by atoms with Crippen LogP contribution in [-0.4, -0.2) is 36.3 Å². The maximum atomic E-state index is 13.0. The first-order chi connectivity index (χ1) is 14.0. The number of fused-ring (bicyclic) bond motifs is 3. The Morgan fingerprint density at radius 2 is 1.72 bits per heavy atom. The number of amides is 2. The van der Waals surface area contributed by atoms with Gasteiger partial charge in [0.2, 0.25) is 0 Å². The molecule has 0 radical (unpaired) electrons. The summed E-state index contributed by atoms with van der Waals surface area (Å²) in [7, 11) is 0. The normalized spacial score (nSPS) is 30.7. The smallest absolute Gasteiger partial charge is 0.254 e. The molecule has 4 aliphatic rings. The van der Waals surface area contributed by atoms with Crippen molar-refractivity contribution < 1.29 is 19.1 Å². The number of imide groups is 1. The van der Waals surface area contributed by atoms with Crippen LogP contribution in [0.3, 0.4) is 0 Å². The van der Waals surface area contributed by atoms with Crippen LogP contribution in [0.5, 0.6) is 11.5 Å². The van der Waals surface area contributed by atoms with Crippen molar-refractivity contribution in [2.45, 2.75) is 26.7 Å². The van der Waals surface area contributed by atoms with Crippen molar-refractivity contribution >= 4 is 34.0 Å². The summed E-state index contributed by atoms with van der Waals surface area (Å²) in [5, 5.41) is 5.37. The third-order valence-electron chi connectivity index (χ3n) is 6.77. The molecule has 2 saturated carbocycles. The molecule has 1 aliphatic heterocycles. The largest absolute Gasteiger partial charge is 0.490 e. The number of halogens is 1. The highest BCUT2D eigenvalue weighted by molar-refractivity contribution is 9.10. The SMILES string of the molecule is CCOc1cc(/C=N\N2C(=O)[C@@H]3[C@@H](C2=O)[C@H]2C=C[C@H]3C23CC3)cc(Br)c1OCC. The molecule has 3 aliphatic carbocycles. The molecular formula is C22H23BrN2O4. The molecule has 2 bridgehead atoms. The van der Waals surface area contributed by atoms with Gasteiger partial charge < -0.3 is 9.47 Å². The van der Waals surface area contributed by atoms with Crippen molar-refractivity contribution in [3.63, 3.8) is 0 Å². The summed E-state index contributed by atoms with van der Waals surface area (Å²) in [5.41, 5.74) is 0.921. The van der Waals surface area contributed by atoms with E-state index in [1.807, 2.05) is 19.9 Å². The molecule has 3 fully saturated rings. The van der Waals surface area contributed by atoms with Crippen LogP contribution >= 0.6 is 15.9 Å². The third-order valence-corrected chi connectivity index (χ3v) is 7.36. The fourth-order valence-electron chi connectivity index (χ4n) is 5.51. The highest BCUT2D eigenvalue weighted by Crippen LogP contribution is 2.73. The predicted octanol–water partition coefficient (Wildman–Crippen LogP) is 3.78. The van der Waals surface area contributed by atoms with Gasteiger partial charge in [-0.1, -0.05) is 12.2 Å². The number of allylic oxidation sites excluding steroid dienone is 2. The molecule has 4 atom stereocenters. The quantitative estimate of drug-likeness (QED) is 0.369. The Kier molecular flexibility index (Phi) is 4.35. The van der Waals surface area contributed by atoms with Gasteiger partial charge in [-0.25, -0.2) is 0 Å². The summed E-state index contributed by atoms with van der Waals surface area (Å²) in [6.07, 6.45) is 8.13. The molecule has 1 aromatic carbocycles. The lowest BCUT2D eigenvalue weighted by Gasteiger charge is -2.18. The molecule has 7 heteroatoms. The number of ether oxygens (including phenoxy) is 2. The molecule has 1 aromatic rings. The second-order valence-electron chi connectivity index (χ2n) is 8.15. The zero-order chi connectivity index (χ0) is 20.3. The zero-order valence-electron chi connectivity index (χ0n) is 16.4. The van der Waals surface area contributed by atoms with Crippen LogP contribution in [0.15, 0.2) is 33.9 Å². The molecule has 0 N–H and O–H groups in total. The molecule has 0 unspecified atom stereocenters. The van der Waals surface area contributed by atoms with E-state index in [9.17, 15) is 9.59 Å². The van der Waals surface area contributed by atoms with Gasteiger partial charge in [-0.2, -0.15) is 10.1 Å². The maximum Gasteiger partial charge on any atom is 0.254 e. The summed E-state index contributed by atoms with van der Waals surface area (Å²) in [4.78, 5) is 26.0. The maximum absolute atomic E-state index is 13.0. The average Bonchev–Trinajstić information content (AvgIpc) is 3.29. The predicted molar refractivity (Wildman–Crippen MR) is 111 cm³/mol. The summed E-state index contributed by atoms with van der Waals surface area (Å²) in [6.45, 7) is 4.83. The van der Waals surface area contributed by atoms with Crippen LogP contribution in [0.4, 0.5) is 0 Å². The molecule has 2 amide bonds. The molecule has 1 saturated heterocycles. The van der Waals surface area contributed by atoms with Crippen LogP contribution in [0.1, 0.15) is 32.3 Å². The molecule has 6 nitrogen and oxygen atoms in total. The van der Waals surface area contributed by atoms with Gasteiger partial charge in [0, 0.05) is 0 Å². The molecule has 152 valence electrons. The van der Waals surface area contributed by atoms with Crippen molar-refractivity contribution in [1.82, 2.24) is 5.01 Å². The van der Waals surface area contributed by atoms with E-state index >= 15 is 0 Å². The number of hydrogen-bond donors (Lipinski definition) is 0. The van der Waals surface area contributed by atoms with Crippen molar-refractivity contribution in [3.05, 3.63) is 34.3 Å². The van der Waals surface area contributed by atoms with E-state index in [1.54, 1.807) is 12.3 Å². The molecule has 1 spiro atoms. The van der Waals surface area contributed by atoms with Crippen LogP contribution in [-0.2, 0) is 9.59 Å². The Morgan fingerprint density at radius 1 is 1.10 bits per heavy atom. The summed E-state index contributed by atoms with van der Waals surface area (Å²) in [6, 6.07) is 3.65. The van der Waals surface area contributed by atoms with Gasteiger partial charge in [0.1, 0.15) is 0 Å². The lowest BCUT2D eigenvalue weighted by atomic mass is 9.85. The Morgan fingerprint density at radius 3 is 2.28 bits per heavy atom. The molecule has 0 aromatic heterocycles. The van der Waals surface area contributed by atoms with E-state index in [4.69, 9.17) is 9.47 Å². The van der Waals surface area contributed by atoms with E-state index in [2.05, 4.69) is 33.2 Å². The standard InChI is InChI=1S/C22H23BrN2O4/c1-3-28-16-10-12(9-15(23)19(16)29-4-2)11-24-25-20(26)17-13-5-6-14(18(17)21(25)27)22(13)7-8-22/h5-6,9-11,13-14,17-18H,3-4,7-8H2,1-2H3/b24-11-/t13-,14-,17+,18+/m1/s1. The Labute approximate surface area is 178 Å².